The number of hydrogen-bond acceptors (Lipinski definition) is 5. The first-order valence-electron chi connectivity index (χ1n) is 13.9. The molecule has 4 rings (SSSR count). The first-order valence-corrected chi connectivity index (χ1v) is 15.8. The van der Waals surface area contributed by atoms with E-state index in [-0.39, 0.29) is 34.7 Å². The molecule has 0 heterocycles. The Balaban J connectivity index is 1.54. The predicted molar refractivity (Wildman–Crippen MR) is 168 cm³/mol. The van der Waals surface area contributed by atoms with Crippen LogP contribution in [-0.2, 0) is 26.2 Å². The van der Waals surface area contributed by atoms with Crippen molar-refractivity contribution in [3.05, 3.63) is 125 Å². The summed E-state index contributed by atoms with van der Waals surface area (Å²) in [5, 5.41) is 3.49. The van der Waals surface area contributed by atoms with Gasteiger partial charge >= 0.3 is 0 Å². The highest BCUT2D eigenvalue weighted by atomic mass is 35.5. The number of sulfonamides is 1. The van der Waals surface area contributed by atoms with Crippen LogP contribution in [0.3, 0.4) is 0 Å². The molecule has 0 saturated heterocycles. The smallest absolute Gasteiger partial charge is 0.261 e. The Bertz CT molecular complexity index is 1650. The topological polar surface area (TPSA) is 105 Å². The summed E-state index contributed by atoms with van der Waals surface area (Å²) in [7, 11) is -3.95. The van der Waals surface area contributed by atoms with Gasteiger partial charge in [0.1, 0.15) is 17.6 Å². The van der Waals surface area contributed by atoms with Crippen LogP contribution in [0.2, 0.25) is 5.02 Å². The third-order valence-corrected chi connectivity index (χ3v) is 8.19. The third kappa shape index (κ3) is 9.05. The van der Waals surface area contributed by atoms with Gasteiger partial charge in [0.25, 0.3) is 15.9 Å². The van der Waals surface area contributed by atoms with Crippen molar-refractivity contribution in [1.82, 2.24) is 10.2 Å². The minimum absolute atomic E-state index is 0.0455. The summed E-state index contributed by atoms with van der Waals surface area (Å²) >= 11 is 6.07. The first kappa shape index (κ1) is 32.5. The summed E-state index contributed by atoms with van der Waals surface area (Å²) in [5.74, 6) is -0.802. The van der Waals surface area contributed by atoms with Crippen LogP contribution < -0.4 is 14.8 Å². The van der Waals surface area contributed by atoms with Gasteiger partial charge in [-0.05, 0) is 77.7 Å². The highest BCUT2D eigenvalue weighted by molar-refractivity contribution is 7.92. The summed E-state index contributed by atoms with van der Waals surface area (Å²) in [6, 6.07) is 25.6. The monoisotopic (exact) mass is 637 g/mol. The fraction of sp³-hybridized carbons (Fsp3) is 0.212. The minimum Gasteiger partial charge on any atom is -0.484 e. The molecule has 0 fully saturated rings. The molecule has 8 nitrogen and oxygen atoms in total. The molecular formula is C33H33ClFN3O5S. The van der Waals surface area contributed by atoms with E-state index in [2.05, 4.69) is 10.0 Å². The fourth-order valence-corrected chi connectivity index (χ4v) is 5.48. The largest absolute Gasteiger partial charge is 0.484 e. The number of benzene rings is 4. The predicted octanol–water partition coefficient (Wildman–Crippen LogP) is 6.20. The lowest BCUT2D eigenvalue weighted by Gasteiger charge is -2.32. The van der Waals surface area contributed by atoms with Gasteiger partial charge in [-0.25, -0.2) is 12.8 Å². The second kappa shape index (κ2) is 14.9. The number of anilines is 1. The molecular weight excluding hydrogens is 605 g/mol. The van der Waals surface area contributed by atoms with Crippen molar-refractivity contribution in [2.75, 3.05) is 17.9 Å². The van der Waals surface area contributed by atoms with Gasteiger partial charge < -0.3 is 15.0 Å². The second-order valence-corrected chi connectivity index (χ2v) is 12.6. The zero-order valence-electron chi connectivity index (χ0n) is 24.2. The van der Waals surface area contributed by atoms with Gasteiger partial charge in [0, 0.05) is 23.8 Å². The SMILES string of the molecule is CC(C)CNC(=O)C(c1ccccc1)N(Cc1ccc(Cl)cc1)C(=O)COc1ccc(S(=O)(=O)Nc2ccc(F)cc2)cc1. The van der Waals surface area contributed by atoms with Gasteiger partial charge in [0.05, 0.1) is 4.90 Å². The number of nitrogens with one attached hydrogen (secondary N) is 2. The van der Waals surface area contributed by atoms with E-state index in [0.717, 1.165) is 17.7 Å². The first-order chi connectivity index (χ1) is 21.0. The fourth-order valence-electron chi connectivity index (χ4n) is 4.29. The van der Waals surface area contributed by atoms with Gasteiger partial charge in [-0.15, -0.1) is 0 Å². The normalized spacial score (nSPS) is 11.9. The Morgan fingerprint density at radius 2 is 1.52 bits per heavy atom. The zero-order valence-corrected chi connectivity index (χ0v) is 25.8. The summed E-state index contributed by atoms with van der Waals surface area (Å²) in [6.07, 6.45) is 0. The minimum atomic E-state index is -3.95. The summed E-state index contributed by atoms with van der Waals surface area (Å²) in [5.41, 5.74) is 1.62. The number of carbonyl (C=O) groups excluding carboxylic acids is 2. The van der Waals surface area contributed by atoms with Crippen LogP contribution in [0.15, 0.2) is 108 Å². The number of halogens is 2. The van der Waals surface area contributed by atoms with Gasteiger partial charge in [-0.1, -0.05) is 67.9 Å². The van der Waals surface area contributed by atoms with Crippen LogP contribution >= 0.6 is 11.6 Å². The van der Waals surface area contributed by atoms with E-state index in [0.29, 0.717) is 17.1 Å². The van der Waals surface area contributed by atoms with Crippen molar-refractivity contribution < 1.29 is 27.1 Å². The number of nitrogens with zero attached hydrogens (tertiary/aromatic N) is 1. The molecule has 2 amide bonds. The van der Waals surface area contributed by atoms with Crippen LogP contribution in [0.25, 0.3) is 0 Å². The number of ether oxygens (including phenoxy) is 1. The molecule has 0 aliphatic heterocycles. The molecule has 44 heavy (non-hydrogen) atoms. The van der Waals surface area contributed by atoms with Crippen LogP contribution in [-0.4, -0.2) is 38.3 Å². The van der Waals surface area contributed by atoms with Crippen LogP contribution in [0.5, 0.6) is 5.75 Å². The number of hydrogen-bond donors (Lipinski definition) is 2. The van der Waals surface area contributed by atoms with E-state index in [9.17, 15) is 22.4 Å². The average molecular weight is 638 g/mol. The van der Waals surface area contributed by atoms with E-state index in [1.807, 2.05) is 19.9 Å². The summed E-state index contributed by atoms with van der Waals surface area (Å²) in [4.78, 5) is 28.7. The molecule has 2 N–H and O–H groups in total. The van der Waals surface area contributed by atoms with E-state index in [1.165, 1.54) is 41.3 Å². The third-order valence-electron chi connectivity index (χ3n) is 6.54. The Morgan fingerprint density at radius 3 is 2.14 bits per heavy atom. The second-order valence-electron chi connectivity index (χ2n) is 10.5. The van der Waals surface area contributed by atoms with Gasteiger partial charge in [0.2, 0.25) is 5.91 Å². The molecule has 0 spiro atoms. The molecule has 0 aliphatic rings. The van der Waals surface area contributed by atoms with Crippen LogP contribution in [0.4, 0.5) is 10.1 Å². The zero-order chi connectivity index (χ0) is 31.7. The molecule has 4 aromatic carbocycles. The average Bonchev–Trinajstić information content (AvgIpc) is 3.01. The van der Waals surface area contributed by atoms with Gasteiger partial charge in [-0.3, -0.25) is 14.3 Å². The van der Waals surface area contributed by atoms with E-state index < -0.39 is 34.4 Å². The van der Waals surface area contributed by atoms with Crippen molar-refractivity contribution in [3.8, 4) is 5.75 Å². The summed E-state index contributed by atoms with van der Waals surface area (Å²) in [6.45, 7) is 4.11. The Labute approximate surface area is 261 Å². The van der Waals surface area contributed by atoms with Gasteiger partial charge in [-0.2, -0.15) is 0 Å². The molecule has 0 radical (unpaired) electrons. The van der Waals surface area contributed by atoms with Gasteiger partial charge in [0.15, 0.2) is 6.61 Å². The van der Waals surface area contributed by atoms with Crippen LogP contribution in [0.1, 0.15) is 31.0 Å². The lowest BCUT2D eigenvalue weighted by atomic mass is 10.0. The highest BCUT2D eigenvalue weighted by Gasteiger charge is 2.32. The van der Waals surface area contributed by atoms with Crippen molar-refractivity contribution in [2.24, 2.45) is 5.92 Å². The molecule has 0 aliphatic carbocycles. The highest BCUT2D eigenvalue weighted by Crippen LogP contribution is 2.26. The number of carbonyl (C=O) groups is 2. The Hall–Kier alpha value is -4.41. The van der Waals surface area contributed by atoms with E-state index in [1.54, 1.807) is 48.5 Å². The lowest BCUT2D eigenvalue weighted by Crippen LogP contribution is -2.45. The molecule has 0 bridgehead atoms. The number of amides is 2. The molecule has 0 aromatic heterocycles. The maximum atomic E-state index is 13.8. The Kier molecular flexibility index (Phi) is 11.0. The van der Waals surface area contributed by atoms with Crippen molar-refractivity contribution in [1.29, 1.82) is 0 Å². The molecule has 1 atom stereocenters. The molecule has 1 unspecified atom stereocenters. The van der Waals surface area contributed by atoms with Crippen molar-refractivity contribution >= 4 is 39.1 Å². The lowest BCUT2D eigenvalue weighted by molar-refractivity contribution is -0.143. The quantitative estimate of drug-likeness (QED) is 0.182. The standard InChI is InChI=1S/C33H33ClFN3O5S/c1-23(2)20-36-33(40)32(25-6-4-3-5-7-25)38(21-24-8-10-26(34)11-9-24)31(39)22-43-29-16-18-30(19-17-29)44(41,42)37-28-14-12-27(35)13-15-28/h3-19,23,32,37H,20-22H2,1-2H3,(H,36,40). The molecule has 4 aromatic rings. The molecule has 11 heteroatoms. The van der Waals surface area contributed by atoms with Crippen molar-refractivity contribution in [3.63, 3.8) is 0 Å². The van der Waals surface area contributed by atoms with E-state index >= 15 is 0 Å². The van der Waals surface area contributed by atoms with E-state index in [4.69, 9.17) is 16.3 Å². The maximum absolute atomic E-state index is 13.8. The molecule has 230 valence electrons. The summed E-state index contributed by atoms with van der Waals surface area (Å²) < 4.78 is 46.9. The Morgan fingerprint density at radius 1 is 0.886 bits per heavy atom. The van der Waals surface area contributed by atoms with Crippen molar-refractivity contribution in [2.45, 2.75) is 31.3 Å². The van der Waals surface area contributed by atoms with Crippen LogP contribution in [0, 0.1) is 11.7 Å². The number of rotatable bonds is 13. The molecule has 0 saturated carbocycles. The maximum Gasteiger partial charge on any atom is 0.261 e.